The lowest BCUT2D eigenvalue weighted by Crippen LogP contribution is -2.14. The van der Waals surface area contributed by atoms with Crippen LogP contribution in [0.3, 0.4) is 0 Å². The molecule has 0 amide bonds. The Bertz CT molecular complexity index is 1110. The molecule has 0 spiro atoms. The second-order valence-corrected chi connectivity index (χ2v) is 7.71. The molecule has 0 saturated carbocycles. The molecular formula is C17H16N6OS2. The van der Waals surface area contributed by atoms with Crippen LogP contribution in [0.15, 0.2) is 40.3 Å². The molecule has 0 aliphatic rings. The van der Waals surface area contributed by atoms with Crippen LogP contribution in [0.25, 0.3) is 16.3 Å². The van der Waals surface area contributed by atoms with E-state index in [0.717, 1.165) is 22.8 Å². The van der Waals surface area contributed by atoms with Gasteiger partial charge < -0.3 is 0 Å². The minimum absolute atomic E-state index is 0.157. The van der Waals surface area contributed by atoms with Gasteiger partial charge in [-0.05, 0) is 18.9 Å². The van der Waals surface area contributed by atoms with Gasteiger partial charge in [0.25, 0.3) is 5.56 Å². The van der Waals surface area contributed by atoms with Crippen LogP contribution in [-0.2, 0) is 12.2 Å². The molecule has 0 radical (unpaired) electrons. The average molecular weight is 384 g/mol. The Morgan fingerprint density at radius 2 is 2.04 bits per heavy atom. The molecule has 3 aromatic heterocycles. The lowest BCUT2D eigenvalue weighted by molar-refractivity contribution is 0.869. The fraction of sp³-hybridized carbons (Fsp3) is 0.235. The van der Waals surface area contributed by atoms with Gasteiger partial charge >= 0.3 is 0 Å². The number of hydrogen-bond acceptors (Lipinski definition) is 7. The van der Waals surface area contributed by atoms with Crippen LogP contribution >= 0.6 is 23.1 Å². The Morgan fingerprint density at radius 3 is 2.81 bits per heavy atom. The third-order valence-electron chi connectivity index (χ3n) is 3.84. The van der Waals surface area contributed by atoms with Crippen LogP contribution in [0.4, 0.5) is 0 Å². The van der Waals surface area contributed by atoms with Gasteiger partial charge in [-0.25, -0.2) is 9.97 Å². The topological polar surface area (TPSA) is 88.8 Å². The molecule has 1 aromatic carbocycles. The van der Waals surface area contributed by atoms with E-state index in [2.05, 4.69) is 44.3 Å². The van der Waals surface area contributed by atoms with Crippen molar-refractivity contribution in [2.75, 3.05) is 0 Å². The van der Waals surface area contributed by atoms with Crippen molar-refractivity contribution >= 4 is 28.1 Å². The van der Waals surface area contributed by atoms with Crippen LogP contribution in [0, 0.1) is 6.92 Å². The summed E-state index contributed by atoms with van der Waals surface area (Å²) >= 11 is 2.88. The van der Waals surface area contributed by atoms with Crippen molar-refractivity contribution < 1.29 is 0 Å². The molecule has 26 heavy (non-hydrogen) atoms. The summed E-state index contributed by atoms with van der Waals surface area (Å²) in [6.07, 6.45) is 1.01. The number of fused-ring (bicyclic) bond motifs is 1. The molecule has 0 unspecified atom stereocenters. The number of nitrogens with one attached hydrogen (secondary N) is 1. The number of aromatic amines is 1. The summed E-state index contributed by atoms with van der Waals surface area (Å²) in [5, 5.41) is 13.0. The monoisotopic (exact) mass is 384 g/mol. The van der Waals surface area contributed by atoms with Gasteiger partial charge in [-0.2, -0.15) is 9.61 Å². The standard InChI is InChI=1S/C17H16N6OS2/c1-3-11-4-6-12(7-5-11)15-19-16(21-20-15)25-9-13-22-23-14(24)8-10(2)18-17(23)26-13/h4-8H,3,9H2,1-2H3,(H,19,20,21). The number of thioether (sulfide) groups is 1. The van der Waals surface area contributed by atoms with E-state index in [0.29, 0.717) is 21.6 Å². The number of aromatic nitrogens is 6. The summed E-state index contributed by atoms with van der Waals surface area (Å²) < 4.78 is 1.34. The predicted octanol–water partition coefficient (Wildman–Crippen LogP) is 3.10. The van der Waals surface area contributed by atoms with Crippen molar-refractivity contribution in [1.29, 1.82) is 0 Å². The molecule has 4 aromatic rings. The maximum atomic E-state index is 11.9. The van der Waals surface area contributed by atoms with E-state index >= 15 is 0 Å². The molecule has 1 N–H and O–H groups in total. The summed E-state index contributed by atoms with van der Waals surface area (Å²) in [4.78, 5) is 21.4. The summed E-state index contributed by atoms with van der Waals surface area (Å²) in [7, 11) is 0. The van der Waals surface area contributed by atoms with Gasteiger partial charge in [0.1, 0.15) is 5.01 Å². The molecule has 9 heteroatoms. The fourth-order valence-electron chi connectivity index (χ4n) is 2.48. The molecule has 4 rings (SSSR count). The highest BCUT2D eigenvalue weighted by Crippen LogP contribution is 2.24. The number of nitrogens with zero attached hydrogens (tertiary/aromatic N) is 5. The minimum atomic E-state index is -0.157. The zero-order valence-corrected chi connectivity index (χ0v) is 15.9. The summed E-state index contributed by atoms with van der Waals surface area (Å²) in [6, 6.07) is 9.76. The fourth-order valence-corrected chi connectivity index (χ4v) is 4.21. The lowest BCUT2D eigenvalue weighted by Gasteiger charge is -1.98. The van der Waals surface area contributed by atoms with Gasteiger partial charge in [-0.3, -0.25) is 9.89 Å². The van der Waals surface area contributed by atoms with E-state index in [1.807, 2.05) is 12.1 Å². The normalized spacial score (nSPS) is 11.3. The second-order valence-electron chi connectivity index (χ2n) is 5.73. The Labute approximate surface area is 157 Å². The first-order valence-corrected chi connectivity index (χ1v) is 9.93. The van der Waals surface area contributed by atoms with Crippen LogP contribution in [0.5, 0.6) is 0 Å². The number of benzene rings is 1. The lowest BCUT2D eigenvalue weighted by atomic mass is 10.1. The third kappa shape index (κ3) is 3.40. The highest BCUT2D eigenvalue weighted by Gasteiger charge is 2.11. The van der Waals surface area contributed by atoms with E-state index in [1.165, 1.54) is 39.2 Å². The molecule has 0 aliphatic heterocycles. The van der Waals surface area contributed by atoms with E-state index in [-0.39, 0.29) is 5.56 Å². The maximum Gasteiger partial charge on any atom is 0.275 e. The Morgan fingerprint density at radius 1 is 1.23 bits per heavy atom. The quantitative estimate of drug-likeness (QED) is 0.532. The van der Waals surface area contributed by atoms with Crippen LogP contribution in [-0.4, -0.2) is 29.8 Å². The van der Waals surface area contributed by atoms with E-state index < -0.39 is 0 Å². The zero-order chi connectivity index (χ0) is 18.1. The van der Waals surface area contributed by atoms with Crippen molar-refractivity contribution in [1.82, 2.24) is 29.8 Å². The van der Waals surface area contributed by atoms with Gasteiger partial charge in [0, 0.05) is 17.3 Å². The third-order valence-corrected chi connectivity index (χ3v) is 5.79. The van der Waals surface area contributed by atoms with E-state index in [4.69, 9.17) is 0 Å². The SMILES string of the molecule is CCc1ccc(-c2nc(SCc3nn4c(=O)cc(C)nc4s3)n[nH]2)cc1. The highest BCUT2D eigenvalue weighted by molar-refractivity contribution is 7.98. The zero-order valence-electron chi connectivity index (χ0n) is 14.3. The number of hydrogen-bond donors (Lipinski definition) is 1. The summed E-state index contributed by atoms with van der Waals surface area (Å²) in [5.41, 5.74) is 2.84. The molecular weight excluding hydrogens is 368 g/mol. The summed E-state index contributed by atoms with van der Waals surface area (Å²) in [6.45, 7) is 3.93. The Hall–Kier alpha value is -2.52. The smallest absolute Gasteiger partial charge is 0.267 e. The van der Waals surface area contributed by atoms with E-state index in [1.54, 1.807) is 6.92 Å². The predicted molar refractivity (Wildman–Crippen MR) is 103 cm³/mol. The van der Waals surface area contributed by atoms with E-state index in [9.17, 15) is 4.79 Å². The average Bonchev–Trinajstić information content (AvgIpc) is 3.27. The highest BCUT2D eigenvalue weighted by atomic mass is 32.2. The number of aryl methyl sites for hydroxylation is 2. The van der Waals surface area contributed by atoms with Crippen LogP contribution in [0.2, 0.25) is 0 Å². The van der Waals surface area contributed by atoms with Crippen molar-refractivity contribution in [2.45, 2.75) is 31.2 Å². The first kappa shape index (κ1) is 16.9. The molecule has 132 valence electrons. The molecule has 3 heterocycles. The molecule has 0 atom stereocenters. The number of rotatable bonds is 5. The Kier molecular flexibility index (Phi) is 4.56. The number of H-pyrrole nitrogens is 1. The molecule has 7 nitrogen and oxygen atoms in total. The van der Waals surface area contributed by atoms with Crippen LogP contribution in [0.1, 0.15) is 23.2 Å². The van der Waals surface area contributed by atoms with Crippen molar-refractivity contribution in [2.24, 2.45) is 0 Å². The van der Waals surface area contributed by atoms with Gasteiger partial charge in [0.15, 0.2) is 5.82 Å². The summed E-state index contributed by atoms with van der Waals surface area (Å²) in [5.74, 6) is 1.33. The first-order valence-electron chi connectivity index (χ1n) is 8.13. The maximum absolute atomic E-state index is 11.9. The largest absolute Gasteiger partial charge is 0.275 e. The van der Waals surface area contributed by atoms with Crippen molar-refractivity contribution in [3.8, 4) is 11.4 Å². The molecule has 0 bridgehead atoms. The van der Waals surface area contributed by atoms with Gasteiger partial charge in [-0.1, -0.05) is 54.3 Å². The van der Waals surface area contributed by atoms with Crippen LogP contribution < -0.4 is 5.56 Å². The van der Waals surface area contributed by atoms with Gasteiger partial charge in [0.2, 0.25) is 10.1 Å². The molecule has 0 aliphatic carbocycles. The second kappa shape index (κ2) is 7.00. The minimum Gasteiger partial charge on any atom is -0.267 e. The van der Waals surface area contributed by atoms with Gasteiger partial charge in [0.05, 0.1) is 5.75 Å². The van der Waals surface area contributed by atoms with Gasteiger partial charge in [-0.15, -0.1) is 5.10 Å². The molecule has 0 saturated heterocycles. The Balaban J connectivity index is 1.49. The van der Waals surface area contributed by atoms with Crippen molar-refractivity contribution in [3.05, 3.63) is 57.0 Å². The first-order chi connectivity index (χ1) is 12.6. The molecule has 0 fully saturated rings. The van der Waals surface area contributed by atoms with Crippen molar-refractivity contribution in [3.63, 3.8) is 0 Å².